The topological polar surface area (TPSA) is 107 Å². The molecule has 3 aromatic rings. The molecule has 202 valence electrons. The van der Waals surface area contributed by atoms with Crippen LogP contribution < -0.4 is 18.9 Å². The van der Waals surface area contributed by atoms with Gasteiger partial charge in [-0.15, -0.1) is 0 Å². The maximum Gasteiger partial charge on any atom is 0.295 e. The van der Waals surface area contributed by atoms with E-state index in [1.54, 1.807) is 54.9 Å². The fourth-order valence-electron chi connectivity index (χ4n) is 4.72. The second-order valence-electron chi connectivity index (χ2n) is 9.26. The molecule has 1 fully saturated rings. The largest absolute Gasteiger partial charge is 0.507 e. The molecule has 2 aliphatic rings. The van der Waals surface area contributed by atoms with Crippen molar-refractivity contribution >= 4 is 17.4 Å². The van der Waals surface area contributed by atoms with Gasteiger partial charge in [0.05, 0.1) is 25.3 Å². The van der Waals surface area contributed by atoms with Crippen LogP contribution in [0.15, 0.2) is 66.5 Å². The van der Waals surface area contributed by atoms with Gasteiger partial charge in [0.25, 0.3) is 11.7 Å². The summed E-state index contributed by atoms with van der Waals surface area (Å²) >= 11 is 0. The number of aliphatic hydroxyl groups excluding tert-OH is 1. The predicted octanol–water partition coefficient (Wildman–Crippen LogP) is 4.66. The van der Waals surface area contributed by atoms with Crippen LogP contribution in [0, 0.1) is 0 Å². The van der Waals surface area contributed by atoms with Crippen LogP contribution in [-0.2, 0) is 16.1 Å². The molecule has 0 unspecified atom stereocenters. The van der Waals surface area contributed by atoms with Gasteiger partial charge in [-0.05, 0) is 53.9 Å². The van der Waals surface area contributed by atoms with Crippen LogP contribution in [0.25, 0.3) is 5.76 Å². The highest BCUT2D eigenvalue weighted by atomic mass is 16.6. The molecule has 3 heterocycles. The molecular formula is C30H30N2O7. The molecule has 1 amide bonds. The predicted molar refractivity (Wildman–Crippen MR) is 143 cm³/mol. The fraction of sp³-hybridized carbons (Fsp3) is 0.300. The van der Waals surface area contributed by atoms with E-state index >= 15 is 0 Å². The lowest BCUT2D eigenvalue weighted by molar-refractivity contribution is -0.140. The SMILES string of the molecule is CCCCOc1ccc([C@H]2C(=C(O)c3ccc4c(c3)OCCO4)C(=O)C(=O)N2Cc2cccnc2)cc1OC. The number of aliphatic hydroxyl groups is 1. The second-order valence-corrected chi connectivity index (χ2v) is 9.26. The summed E-state index contributed by atoms with van der Waals surface area (Å²) in [6.45, 7) is 3.54. The summed E-state index contributed by atoms with van der Waals surface area (Å²) in [4.78, 5) is 32.4. The number of aromatic nitrogens is 1. The second kappa shape index (κ2) is 11.5. The number of Topliss-reactive ketones (excluding diaryl/α,β-unsaturated/α-hetero) is 1. The zero-order valence-corrected chi connectivity index (χ0v) is 21.9. The molecule has 1 N–H and O–H groups in total. The number of unbranched alkanes of at least 4 members (excludes halogenated alkanes) is 1. The third-order valence-electron chi connectivity index (χ3n) is 6.69. The molecule has 2 aliphatic heterocycles. The maximum absolute atomic E-state index is 13.5. The Morgan fingerprint density at radius 3 is 2.64 bits per heavy atom. The van der Waals surface area contributed by atoms with Gasteiger partial charge in [0, 0.05) is 24.5 Å². The molecule has 9 nitrogen and oxygen atoms in total. The van der Waals surface area contributed by atoms with Crippen LogP contribution in [0.2, 0.25) is 0 Å². The molecule has 2 aromatic carbocycles. The molecule has 1 atom stereocenters. The number of fused-ring (bicyclic) bond motifs is 1. The number of benzene rings is 2. The third kappa shape index (κ3) is 5.25. The average molecular weight is 531 g/mol. The van der Waals surface area contributed by atoms with E-state index in [0.29, 0.717) is 53.9 Å². The lowest BCUT2D eigenvalue weighted by Crippen LogP contribution is -2.29. The molecule has 0 radical (unpaired) electrons. The van der Waals surface area contributed by atoms with E-state index in [-0.39, 0.29) is 17.9 Å². The zero-order chi connectivity index (χ0) is 27.4. The highest BCUT2D eigenvalue weighted by Gasteiger charge is 2.46. The van der Waals surface area contributed by atoms with E-state index < -0.39 is 17.7 Å². The number of ether oxygens (including phenoxy) is 4. The number of rotatable bonds is 9. The van der Waals surface area contributed by atoms with Crippen molar-refractivity contribution in [1.82, 2.24) is 9.88 Å². The number of carbonyl (C=O) groups excluding carboxylic acids is 2. The zero-order valence-electron chi connectivity index (χ0n) is 21.9. The quantitative estimate of drug-likeness (QED) is 0.184. The lowest BCUT2D eigenvalue weighted by Gasteiger charge is -2.26. The summed E-state index contributed by atoms with van der Waals surface area (Å²) < 4.78 is 22.7. The Kier molecular flexibility index (Phi) is 7.67. The average Bonchev–Trinajstić information content (AvgIpc) is 3.22. The highest BCUT2D eigenvalue weighted by molar-refractivity contribution is 6.46. The first kappa shape index (κ1) is 26.1. The normalized spacial score (nSPS) is 17.8. The van der Waals surface area contributed by atoms with Crippen molar-refractivity contribution in [2.75, 3.05) is 26.9 Å². The number of hydrogen-bond acceptors (Lipinski definition) is 8. The van der Waals surface area contributed by atoms with Gasteiger partial charge >= 0.3 is 0 Å². The maximum atomic E-state index is 13.5. The standard InChI is InChI=1S/C30H30N2O7/c1-3-4-12-37-22-9-7-20(15-24(22)36-2)27-26(28(33)21-8-10-23-25(16-21)39-14-13-38-23)29(34)30(35)32(27)18-19-6-5-11-31-17-19/h5-11,15-17,27,33H,3-4,12-14,18H2,1-2H3/t27-/m0/s1. The molecule has 1 saturated heterocycles. The van der Waals surface area contributed by atoms with Gasteiger partial charge < -0.3 is 29.0 Å². The van der Waals surface area contributed by atoms with Crippen molar-refractivity contribution in [3.05, 3.63) is 83.2 Å². The van der Waals surface area contributed by atoms with Gasteiger partial charge in [-0.1, -0.05) is 25.5 Å². The summed E-state index contributed by atoms with van der Waals surface area (Å²) in [5.74, 6) is 0.243. The smallest absolute Gasteiger partial charge is 0.295 e. The van der Waals surface area contributed by atoms with Gasteiger partial charge in [-0.3, -0.25) is 14.6 Å². The number of likely N-dealkylation sites (tertiary alicyclic amines) is 1. The molecule has 5 rings (SSSR count). The number of ketones is 1. The van der Waals surface area contributed by atoms with Crippen LogP contribution in [0.1, 0.15) is 42.5 Å². The Morgan fingerprint density at radius 2 is 1.90 bits per heavy atom. The monoisotopic (exact) mass is 530 g/mol. The number of pyridine rings is 1. The lowest BCUT2D eigenvalue weighted by atomic mass is 9.94. The van der Waals surface area contributed by atoms with Crippen LogP contribution in [0.3, 0.4) is 0 Å². The van der Waals surface area contributed by atoms with Crippen LogP contribution >= 0.6 is 0 Å². The van der Waals surface area contributed by atoms with Crippen molar-refractivity contribution in [3.8, 4) is 23.0 Å². The van der Waals surface area contributed by atoms with Crippen molar-refractivity contribution in [1.29, 1.82) is 0 Å². The molecule has 1 aromatic heterocycles. The first-order chi connectivity index (χ1) is 19.0. The van der Waals surface area contributed by atoms with Gasteiger partial charge in [-0.25, -0.2) is 0 Å². The van der Waals surface area contributed by atoms with Gasteiger partial charge in [0.1, 0.15) is 19.0 Å². The van der Waals surface area contributed by atoms with E-state index in [1.165, 1.54) is 12.0 Å². The van der Waals surface area contributed by atoms with E-state index in [4.69, 9.17) is 18.9 Å². The van der Waals surface area contributed by atoms with E-state index in [9.17, 15) is 14.7 Å². The van der Waals surface area contributed by atoms with Crippen molar-refractivity contribution in [2.24, 2.45) is 0 Å². The third-order valence-corrected chi connectivity index (χ3v) is 6.69. The summed E-state index contributed by atoms with van der Waals surface area (Å²) in [5, 5.41) is 11.5. The van der Waals surface area contributed by atoms with Crippen LogP contribution in [0.4, 0.5) is 0 Å². The molecule has 0 spiro atoms. The first-order valence-electron chi connectivity index (χ1n) is 12.9. The fourth-order valence-corrected chi connectivity index (χ4v) is 4.72. The van der Waals surface area contributed by atoms with Crippen molar-refractivity contribution in [3.63, 3.8) is 0 Å². The number of hydrogen-bond donors (Lipinski definition) is 1. The van der Waals surface area contributed by atoms with E-state index in [1.807, 2.05) is 6.07 Å². The summed E-state index contributed by atoms with van der Waals surface area (Å²) in [6, 6.07) is 12.9. The minimum atomic E-state index is -0.878. The highest BCUT2D eigenvalue weighted by Crippen LogP contribution is 2.43. The Hall–Kier alpha value is -4.53. The Labute approximate surface area is 226 Å². The van der Waals surface area contributed by atoms with Crippen molar-refractivity contribution < 1.29 is 33.6 Å². The van der Waals surface area contributed by atoms with Crippen LogP contribution in [0.5, 0.6) is 23.0 Å². The first-order valence-corrected chi connectivity index (χ1v) is 12.9. The molecule has 0 aliphatic carbocycles. The Morgan fingerprint density at radius 1 is 1.08 bits per heavy atom. The van der Waals surface area contributed by atoms with Gasteiger partial charge in [-0.2, -0.15) is 0 Å². The van der Waals surface area contributed by atoms with Gasteiger partial charge in [0.15, 0.2) is 23.0 Å². The molecule has 0 saturated carbocycles. The number of methoxy groups -OCH3 is 1. The summed E-state index contributed by atoms with van der Waals surface area (Å²) in [6.07, 6.45) is 5.16. The number of amides is 1. The summed E-state index contributed by atoms with van der Waals surface area (Å²) in [5.41, 5.74) is 1.66. The number of nitrogens with zero attached hydrogens (tertiary/aromatic N) is 2. The van der Waals surface area contributed by atoms with Crippen molar-refractivity contribution in [2.45, 2.75) is 32.4 Å². The summed E-state index contributed by atoms with van der Waals surface area (Å²) in [7, 11) is 1.54. The van der Waals surface area contributed by atoms with E-state index in [2.05, 4.69) is 11.9 Å². The minimum Gasteiger partial charge on any atom is -0.507 e. The molecule has 0 bridgehead atoms. The van der Waals surface area contributed by atoms with E-state index in [0.717, 1.165) is 18.4 Å². The molecular weight excluding hydrogens is 500 g/mol. The molecule has 39 heavy (non-hydrogen) atoms. The van der Waals surface area contributed by atoms with Crippen LogP contribution in [-0.4, -0.2) is 53.6 Å². The Bertz CT molecular complexity index is 1400. The van der Waals surface area contributed by atoms with Gasteiger partial charge in [0.2, 0.25) is 0 Å². The Balaban J connectivity index is 1.61. The molecule has 9 heteroatoms. The number of carbonyl (C=O) groups is 2. The minimum absolute atomic E-state index is 0.0257.